The Morgan fingerprint density at radius 2 is 2.24 bits per heavy atom. The SMILES string of the molecule is COc1nccc(N(C)C)c1NC(=O)COC1(C)CNC1. The maximum atomic E-state index is 12.1. The summed E-state index contributed by atoms with van der Waals surface area (Å²) in [7, 11) is 5.30. The zero-order chi connectivity index (χ0) is 15.5. The predicted octanol–water partition coefficient (Wildman–Crippen LogP) is 0.473. The van der Waals surface area contributed by atoms with E-state index in [0.29, 0.717) is 11.6 Å². The summed E-state index contributed by atoms with van der Waals surface area (Å²) in [5.74, 6) is 0.156. The first-order valence-corrected chi connectivity index (χ1v) is 6.80. The van der Waals surface area contributed by atoms with Gasteiger partial charge in [0, 0.05) is 33.4 Å². The van der Waals surface area contributed by atoms with Crippen LogP contribution >= 0.6 is 0 Å². The number of hydrogen-bond acceptors (Lipinski definition) is 6. The summed E-state index contributed by atoms with van der Waals surface area (Å²) in [4.78, 5) is 18.1. The molecule has 0 unspecified atom stereocenters. The molecule has 7 heteroatoms. The minimum atomic E-state index is -0.249. The van der Waals surface area contributed by atoms with Crippen molar-refractivity contribution in [1.82, 2.24) is 10.3 Å². The van der Waals surface area contributed by atoms with Gasteiger partial charge in [0.2, 0.25) is 5.88 Å². The van der Waals surface area contributed by atoms with Crippen LogP contribution in [0, 0.1) is 0 Å². The quantitative estimate of drug-likeness (QED) is 0.794. The lowest BCUT2D eigenvalue weighted by Crippen LogP contribution is -2.59. The Morgan fingerprint density at radius 3 is 2.76 bits per heavy atom. The van der Waals surface area contributed by atoms with Crippen molar-refractivity contribution < 1.29 is 14.3 Å². The van der Waals surface area contributed by atoms with Crippen molar-refractivity contribution in [2.45, 2.75) is 12.5 Å². The van der Waals surface area contributed by atoms with Gasteiger partial charge < -0.3 is 25.0 Å². The monoisotopic (exact) mass is 294 g/mol. The molecule has 0 aromatic carbocycles. The minimum absolute atomic E-state index is 0.00307. The van der Waals surface area contributed by atoms with Crippen LogP contribution in [0.3, 0.4) is 0 Å². The first kappa shape index (κ1) is 15.5. The van der Waals surface area contributed by atoms with Crippen molar-refractivity contribution in [3.8, 4) is 5.88 Å². The van der Waals surface area contributed by atoms with E-state index in [1.807, 2.05) is 32.0 Å². The molecule has 1 saturated heterocycles. The highest BCUT2D eigenvalue weighted by molar-refractivity contribution is 5.96. The van der Waals surface area contributed by atoms with Crippen molar-refractivity contribution in [3.05, 3.63) is 12.3 Å². The van der Waals surface area contributed by atoms with Crippen LogP contribution < -0.4 is 20.3 Å². The standard InChI is InChI=1S/C14H22N4O3/c1-14(8-15-9-14)21-7-11(19)17-12-10(18(2)3)5-6-16-13(12)20-4/h5-6,15H,7-9H2,1-4H3,(H,17,19). The number of pyridine rings is 1. The number of amides is 1. The summed E-state index contributed by atoms with van der Waals surface area (Å²) < 4.78 is 10.8. The fourth-order valence-electron chi connectivity index (χ4n) is 2.07. The predicted molar refractivity (Wildman–Crippen MR) is 81.0 cm³/mol. The number of carbonyl (C=O) groups is 1. The third-order valence-electron chi connectivity index (χ3n) is 3.38. The van der Waals surface area contributed by atoms with Crippen molar-refractivity contribution in [1.29, 1.82) is 0 Å². The van der Waals surface area contributed by atoms with Gasteiger partial charge in [-0.25, -0.2) is 4.98 Å². The van der Waals surface area contributed by atoms with E-state index in [1.165, 1.54) is 7.11 Å². The van der Waals surface area contributed by atoms with Crippen LogP contribution in [0.1, 0.15) is 6.92 Å². The molecule has 2 N–H and O–H groups in total. The number of ether oxygens (including phenoxy) is 2. The average molecular weight is 294 g/mol. The van der Waals surface area contributed by atoms with E-state index in [1.54, 1.807) is 6.20 Å². The average Bonchev–Trinajstić information content (AvgIpc) is 2.43. The molecule has 21 heavy (non-hydrogen) atoms. The van der Waals surface area contributed by atoms with Crippen molar-refractivity contribution in [3.63, 3.8) is 0 Å². The molecule has 0 radical (unpaired) electrons. The molecule has 1 amide bonds. The highest BCUT2D eigenvalue weighted by atomic mass is 16.5. The Bertz CT molecular complexity index is 515. The van der Waals surface area contributed by atoms with Crippen LogP contribution in [0.2, 0.25) is 0 Å². The third-order valence-corrected chi connectivity index (χ3v) is 3.38. The smallest absolute Gasteiger partial charge is 0.250 e. The van der Waals surface area contributed by atoms with E-state index < -0.39 is 0 Å². The second-order valence-corrected chi connectivity index (χ2v) is 5.50. The Balaban J connectivity index is 2.05. The second-order valence-electron chi connectivity index (χ2n) is 5.50. The molecule has 116 valence electrons. The molecule has 7 nitrogen and oxygen atoms in total. The van der Waals surface area contributed by atoms with Gasteiger partial charge in [0.05, 0.1) is 18.4 Å². The van der Waals surface area contributed by atoms with Gasteiger partial charge in [-0.05, 0) is 13.0 Å². The fraction of sp³-hybridized carbons (Fsp3) is 0.571. The molecule has 0 atom stereocenters. The molecule has 0 aliphatic carbocycles. The summed E-state index contributed by atoms with van der Waals surface area (Å²) in [6, 6.07) is 1.82. The largest absolute Gasteiger partial charge is 0.479 e. The Labute approximate surface area is 124 Å². The summed E-state index contributed by atoms with van der Waals surface area (Å²) in [6.07, 6.45) is 1.64. The lowest BCUT2D eigenvalue weighted by molar-refractivity contribution is -0.130. The zero-order valence-electron chi connectivity index (χ0n) is 12.9. The van der Waals surface area contributed by atoms with Gasteiger partial charge in [0.15, 0.2) is 0 Å². The highest BCUT2D eigenvalue weighted by Crippen LogP contribution is 2.31. The summed E-state index contributed by atoms with van der Waals surface area (Å²) in [5, 5.41) is 5.94. The van der Waals surface area contributed by atoms with E-state index in [0.717, 1.165) is 18.8 Å². The van der Waals surface area contributed by atoms with Gasteiger partial charge in [-0.15, -0.1) is 0 Å². The van der Waals surface area contributed by atoms with E-state index in [-0.39, 0.29) is 18.1 Å². The minimum Gasteiger partial charge on any atom is -0.479 e. The number of aromatic nitrogens is 1. The fourth-order valence-corrected chi connectivity index (χ4v) is 2.07. The van der Waals surface area contributed by atoms with Gasteiger partial charge in [0.25, 0.3) is 5.91 Å². The summed E-state index contributed by atoms with van der Waals surface area (Å²) in [5.41, 5.74) is 1.13. The van der Waals surface area contributed by atoms with E-state index in [4.69, 9.17) is 9.47 Å². The molecule has 1 aliphatic heterocycles. The van der Waals surface area contributed by atoms with Gasteiger partial charge in [-0.1, -0.05) is 0 Å². The topological polar surface area (TPSA) is 75.7 Å². The number of rotatable bonds is 6. The van der Waals surface area contributed by atoms with Gasteiger partial charge >= 0.3 is 0 Å². The van der Waals surface area contributed by atoms with Crippen LogP contribution in [0.5, 0.6) is 5.88 Å². The van der Waals surface area contributed by atoms with E-state index in [9.17, 15) is 4.79 Å². The molecular formula is C14H22N4O3. The zero-order valence-corrected chi connectivity index (χ0v) is 12.9. The van der Waals surface area contributed by atoms with E-state index >= 15 is 0 Å². The van der Waals surface area contributed by atoms with Crippen LogP contribution in [-0.2, 0) is 9.53 Å². The van der Waals surface area contributed by atoms with Gasteiger partial charge in [0.1, 0.15) is 12.3 Å². The van der Waals surface area contributed by atoms with Crippen molar-refractivity contribution in [2.75, 3.05) is 51.1 Å². The van der Waals surface area contributed by atoms with Crippen LogP contribution in [0.15, 0.2) is 12.3 Å². The number of methoxy groups -OCH3 is 1. The Kier molecular flexibility index (Phi) is 4.64. The lowest BCUT2D eigenvalue weighted by atomic mass is 10.0. The maximum absolute atomic E-state index is 12.1. The van der Waals surface area contributed by atoms with Gasteiger partial charge in [-0.3, -0.25) is 4.79 Å². The Morgan fingerprint density at radius 1 is 1.52 bits per heavy atom. The van der Waals surface area contributed by atoms with Crippen molar-refractivity contribution >= 4 is 17.3 Å². The third kappa shape index (κ3) is 3.62. The first-order valence-electron chi connectivity index (χ1n) is 6.80. The molecule has 1 aromatic heterocycles. The molecule has 1 aliphatic rings. The highest BCUT2D eigenvalue weighted by Gasteiger charge is 2.33. The summed E-state index contributed by atoms with van der Waals surface area (Å²) in [6.45, 7) is 3.51. The van der Waals surface area contributed by atoms with Crippen LogP contribution in [-0.4, -0.2) is 57.4 Å². The van der Waals surface area contributed by atoms with Crippen molar-refractivity contribution in [2.24, 2.45) is 0 Å². The normalized spacial score (nSPS) is 16.0. The lowest BCUT2D eigenvalue weighted by Gasteiger charge is -2.38. The molecule has 1 fully saturated rings. The first-order chi connectivity index (χ1) is 9.95. The Hall–Kier alpha value is -1.86. The molecule has 0 spiro atoms. The number of carbonyl (C=O) groups excluding carboxylic acids is 1. The van der Waals surface area contributed by atoms with Crippen LogP contribution in [0.4, 0.5) is 11.4 Å². The number of nitrogens with zero attached hydrogens (tertiary/aromatic N) is 2. The van der Waals surface area contributed by atoms with Gasteiger partial charge in [-0.2, -0.15) is 0 Å². The van der Waals surface area contributed by atoms with E-state index in [2.05, 4.69) is 15.6 Å². The molecule has 2 heterocycles. The molecule has 1 aromatic rings. The molecular weight excluding hydrogens is 272 g/mol. The molecule has 0 bridgehead atoms. The second kappa shape index (κ2) is 6.28. The maximum Gasteiger partial charge on any atom is 0.250 e. The number of hydrogen-bond donors (Lipinski definition) is 2. The number of nitrogens with one attached hydrogen (secondary N) is 2. The summed E-state index contributed by atoms with van der Waals surface area (Å²) >= 11 is 0. The van der Waals surface area contributed by atoms with Crippen LogP contribution in [0.25, 0.3) is 0 Å². The number of anilines is 2. The molecule has 2 rings (SSSR count). The molecule has 0 saturated carbocycles.